The van der Waals surface area contributed by atoms with Gasteiger partial charge in [-0.2, -0.15) is 0 Å². The zero-order valence-electron chi connectivity index (χ0n) is 13.4. The van der Waals surface area contributed by atoms with Gasteiger partial charge >= 0.3 is 0 Å². The van der Waals surface area contributed by atoms with E-state index in [4.69, 9.17) is 4.99 Å². The predicted molar refractivity (Wildman–Crippen MR) is 102 cm³/mol. The zero-order valence-corrected chi connectivity index (χ0v) is 15.8. The lowest BCUT2D eigenvalue weighted by molar-refractivity contribution is 0.151. The van der Waals surface area contributed by atoms with Crippen LogP contribution in [0, 0.1) is 5.41 Å². The van der Waals surface area contributed by atoms with Crippen LogP contribution in [0.1, 0.15) is 38.3 Å². The van der Waals surface area contributed by atoms with E-state index in [1.54, 1.807) is 0 Å². The Morgan fingerprint density at radius 2 is 2.23 bits per heavy atom. The minimum absolute atomic E-state index is 0. The Bertz CT molecular complexity index is 485. The Morgan fingerprint density at radius 3 is 2.82 bits per heavy atom. The zero-order chi connectivity index (χ0) is 14.5. The van der Waals surface area contributed by atoms with Crippen LogP contribution in [0.5, 0.6) is 0 Å². The summed E-state index contributed by atoms with van der Waals surface area (Å²) < 4.78 is 0. The second-order valence-electron chi connectivity index (χ2n) is 6.33. The van der Waals surface area contributed by atoms with Crippen LogP contribution in [0.15, 0.2) is 29.4 Å². The molecule has 2 heterocycles. The molecule has 0 bridgehead atoms. The highest BCUT2D eigenvalue weighted by Crippen LogP contribution is 2.47. The van der Waals surface area contributed by atoms with Gasteiger partial charge in [0.15, 0.2) is 5.96 Å². The molecular weight excluding hydrogens is 387 g/mol. The second kappa shape index (κ2) is 8.13. The second-order valence-corrected chi connectivity index (χ2v) is 6.33. The van der Waals surface area contributed by atoms with Crippen LogP contribution < -0.4 is 5.32 Å². The molecular formula is C17H27IN4. The van der Waals surface area contributed by atoms with E-state index in [1.807, 2.05) is 18.3 Å². The number of likely N-dealkylation sites (tertiary alicyclic amines) is 1. The summed E-state index contributed by atoms with van der Waals surface area (Å²) in [6.45, 7) is 6.25. The number of hydrogen-bond acceptors (Lipinski definition) is 2. The average Bonchev–Trinajstić information content (AvgIpc) is 2.93. The van der Waals surface area contributed by atoms with Gasteiger partial charge in [-0.25, -0.2) is 0 Å². The number of rotatable bonds is 4. The number of aromatic nitrogens is 1. The molecule has 1 aliphatic heterocycles. The first-order chi connectivity index (χ1) is 10.3. The normalized spacial score (nSPS) is 19.7. The molecule has 0 unspecified atom stereocenters. The summed E-state index contributed by atoms with van der Waals surface area (Å²) in [6, 6.07) is 6.07. The standard InChI is InChI=1S/C17H26N4.HI/c1-2-18-16(20-12-7-15-6-3-4-11-19-15)21-13-10-17(14-21)8-5-9-17;/h3-4,6,11H,2,5,7-10,12-14H2,1H3,(H,18,20);1H. The number of hydrogen-bond donors (Lipinski definition) is 1. The van der Waals surface area contributed by atoms with Crippen molar-refractivity contribution >= 4 is 29.9 Å². The molecule has 1 aromatic rings. The molecule has 2 aliphatic rings. The van der Waals surface area contributed by atoms with Crippen molar-refractivity contribution in [1.82, 2.24) is 15.2 Å². The van der Waals surface area contributed by atoms with Crippen LogP contribution in [0.3, 0.4) is 0 Å². The molecule has 3 rings (SSSR count). The Kier molecular flexibility index (Phi) is 6.47. The third-order valence-electron chi connectivity index (χ3n) is 4.84. The van der Waals surface area contributed by atoms with Gasteiger partial charge in [-0.3, -0.25) is 9.98 Å². The molecule has 122 valence electrons. The largest absolute Gasteiger partial charge is 0.357 e. The van der Waals surface area contributed by atoms with E-state index in [9.17, 15) is 0 Å². The predicted octanol–water partition coefficient (Wildman–Crippen LogP) is 3.08. The molecule has 1 aromatic heterocycles. The number of halogens is 1. The van der Waals surface area contributed by atoms with Crippen molar-refractivity contribution in [3.63, 3.8) is 0 Å². The van der Waals surface area contributed by atoms with Gasteiger partial charge in [-0.05, 0) is 43.7 Å². The van der Waals surface area contributed by atoms with Gasteiger partial charge in [0.2, 0.25) is 0 Å². The van der Waals surface area contributed by atoms with Crippen molar-refractivity contribution in [2.75, 3.05) is 26.2 Å². The SMILES string of the molecule is CCNC(=NCCc1ccccn1)N1CCC2(CCC2)C1.I. The Morgan fingerprint density at radius 1 is 1.36 bits per heavy atom. The van der Waals surface area contributed by atoms with Gasteiger partial charge in [0, 0.05) is 44.5 Å². The molecule has 1 spiro atoms. The van der Waals surface area contributed by atoms with Gasteiger partial charge in [0.05, 0.1) is 0 Å². The van der Waals surface area contributed by atoms with Crippen molar-refractivity contribution in [2.24, 2.45) is 10.4 Å². The summed E-state index contributed by atoms with van der Waals surface area (Å²) in [7, 11) is 0. The topological polar surface area (TPSA) is 40.5 Å². The van der Waals surface area contributed by atoms with Crippen molar-refractivity contribution in [3.05, 3.63) is 30.1 Å². The smallest absolute Gasteiger partial charge is 0.193 e. The maximum atomic E-state index is 4.81. The fourth-order valence-corrected chi connectivity index (χ4v) is 3.45. The highest BCUT2D eigenvalue weighted by Gasteiger charge is 2.43. The first-order valence-electron chi connectivity index (χ1n) is 8.24. The summed E-state index contributed by atoms with van der Waals surface area (Å²) >= 11 is 0. The van der Waals surface area contributed by atoms with E-state index in [1.165, 1.54) is 32.2 Å². The molecule has 0 radical (unpaired) electrons. The molecule has 1 saturated heterocycles. The van der Waals surface area contributed by atoms with E-state index in [0.717, 1.165) is 37.7 Å². The van der Waals surface area contributed by atoms with Crippen LogP contribution in [-0.2, 0) is 6.42 Å². The lowest BCUT2D eigenvalue weighted by Gasteiger charge is -2.38. The Balaban J connectivity index is 0.00000176. The van der Waals surface area contributed by atoms with Crippen molar-refractivity contribution in [1.29, 1.82) is 0 Å². The third kappa shape index (κ3) is 4.12. The Hall–Kier alpha value is -0.850. The number of nitrogens with zero attached hydrogens (tertiary/aromatic N) is 3. The van der Waals surface area contributed by atoms with Crippen molar-refractivity contribution < 1.29 is 0 Å². The van der Waals surface area contributed by atoms with Crippen LogP contribution in [0.4, 0.5) is 0 Å². The fourth-order valence-electron chi connectivity index (χ4n) is 3.45. The third-order valence-corrected chi connectivity index (χ3v) is 4.84. The highest BCUT2D eigenvalue weighted by molar-refractivity contribution is 14.0. The molecule has 1 saturated carbocycles. The molecule has 5 heteroatoms. The van der Waals surface area contributed by atoms with E-state index < -0.39 is 0 Å². The molecule has 0 amide bonds. The average molecular weight is 414 g/mol. The molecule has 4 nitrogen and oxygen atoms in total. The van der Waals surface area contributed by atoms with Gasteiger partial charge < -0.3 is 10.2 Å². The van der Waals surface area contributed by atoms with E-state index in [-0.39, 0.29) is 24.0 Å². The minimum Gasteiger partial charge on any atom is -0.357 e. The lowest BCUT2D eigenvalue weighted by Crippen LogP contribution is -2.42. The molecule has 2 fully saturated rings. The van der Waals surface area contributed by atoms with Crippen LogP contribution in [0.25, 0.3) is 0 Å². The maximum absolute atomic E-state index is 4.81. The van der Waals surface area contributed by atoms with Crippen molar-refractivity contribution in [3.8, 4) is 0 Å². The monoisotopic (exact) mass is 414 g/mol. The van der Waals surface area contributed by atoms with Gasteiger partial charge in [0.1, 0.15) is 0 Å². The Labute approximate surface area is 150 Å². The summed E-state index contributed by atoms with van der Waals surface area (Å²) in [5.74, 6) is 1.09. The van der Waals surface area contributed by atoms with E-state index in [2.05, 4.69) is 28.2 Å². The van der Waals surface area contributed by atoms with E-state index in [0.29, 0.717) is 5.41 Å². The molecule has 1 N–H and O–H groups in total. The van der Waals surface area contributed by atoms with Crippen molar-refractivity contribution in [2.45, 2.75) is 39.0 Å². The van der Waals surface area contributed by atoms with Gasteiger partial charge in [0.25, 0.3) is 0 Å². The number of guanidine groups is 1. The number of aliphatic imine (C=N–C) groups is 1. The molecule has 0 aromatic carbocycles. The van der Waals surface area contributed by atoms with Gasteiger partial charge in [-0.15, -0.1) is 24.0 Å². The summed E-state index contributed by atoms with van der Waals surface area (Å²) in [4.78, 5) is 11.6. The summed E-state index contributed by atoms with van der Waals surface area (Å²) in [5.41, 5.74) is 1.74. The van der Waals surface area contributed by atoms with Crippen LogP contribution >= 0.6 is 24.0 Å². The quantitative estimate of drug-likeness (QED) is 0.468. The van der Waals surface area contributed by atoms with Crippen LogP contribution in [-0.4, -0.2) is 42.0 Å². The highest BCUT2D eigenvalue weighted by atomic mass is 127. The van der Waals surface area contributed by atoms with Crippen LogP contribution in [0.2, 0.25) is 0 Å². The minimum atomic E-state index is 0. The molecule has 0 atom stereocenters. The van der Waals surface area contributed by atoms with E-state index >= 15 is 0 Å². The number of pyridine rings is 1. The molecule has 22 heavy (non-hydrogen) atoms. The first-order valence-corrected chi connectivity index (χ1v) is 8.24. The molecule has 1 aliphatic carbocycles. The summed E-state index contributed by atoms with van der Waals surface area (Å²) in [6.07, 6.45) is 8.35. The number of nitrogens with one attached hydrogen (secondary N) is 1. The lowest BCUT2D eigenvalue weighted by atomic mass is 9.68. The maximum Gasteiger partial charge on any atom is 0.193 e. The summed E-state index contributed by atoms with van der Waals surface area (Å²) in [5, 5.41) is 3.45. The van der Waals surface area contributed by atoms with Gasteiger partial charge in [-0.1, -0.05) is 12.5 Å². The fraction of sp³-hybridized carbons (Fsp3) is 0.647. The first kappa shape index (κ1) is 17.5.